The first-order chi connectivity index (χ1) is 26.8. The molecule has 0 radical (unpaired) electrons. The molecular weight excluding hydrogens is 665 g/mol. The van der Waals surface area contributed by atoms with Crippen molar-refractivity contribution in [2.24, 2.45) is 0 Å². The van der Waals surface area contributed by atoms with Gasteiger partial charge in [0.15, 0.2) is 0 Å². The molecule has 0 aromatic heterocycles. The monoisotopic (exact) mass is 712 g/mol. The van der Waals surface area contributed by atoms with Gasteiger partial charge in [0.1, 0.15) is 0 Å². The molecule has 2 nitrogen and oxygen atoms in total. The van der Waals surface area contributed by atoms with Gasteiger partial charge < -0.3 is 9.80 Å². The molecule has 270 valence electrons. The molecule has 7 aromatic rings. The highest BCUT2D eigenvalue weighted by atomic mass is 15.1. The number of rotatable bonds is 7. The van der Waals surface area contributed by atoms with Crippen LogP contribution in [0.4, 0.5) is 34.1 Å². The van der Waals surface area contributed by atoms with Gasteiger partial charge in [0.25, 0.3) is 0 Å². The first kappa shape index (κ1) is 33.7. The fourth-order valence-electron chi connectivity index (χ4n) is 10.3. The van der Waals surface area contributed by atoms with Crippen LogP contribution in [-0.2, 0) is 23.7 Å². The second-order valence-electron chi connectivity index (χ2n) is 16.7. The molecule has 55 heavy (non-hydrogen) atoms. The maximum atomic E-state index is 2.55. The molecule has 0 N–H and O–H groups in total. The Morgan fingerprint density at radius 2 is 0.909 bits per heavy atom. The van der Waals surface area contributed by atoms with Crippen molar-refractivity contribution in [2.45, 2.75) is 70.1 Å². The van der Waals surface area contributed by atoms with Crippen LogP contribution in [-0.4, -0.2) is 0 Å². The van der Waals surface area contributed by atoms with E-state index in [1.807, 2.05) is 0 Å². The SMILES string of the molecule is CC(C)c1cccc2c1-c1cc(N(c3ccccc3)c3ccc4c(c3)[C@]3(CCc5ccc(N(c6ccccc6)c6ccccc6)cc53)CC4)ccc1C2(C)C. The smallest absolute Gasteiger partial charge is 0.0468 e. The Morgan fingerprint density at radius 3 is 1.42 bits per heavy atom. The minimum absolute atomic E-state index is 0.00877. The van der Waals surface area contributed by atoms with Gasteiger partial charge in [0, 0.05) is 45.0 Å². The predicted molar refractivity (Wildman–Crippen MR) is 231 cm³/mol. The number of fused-ring (bicyclic) bond motifs is 7. The van der Waals surface area contributed by atoms with Crippen LogP contribution in [0, 0.1) is 0 Å². The number of anilines is 6. The van der Waals surface area contributed by atoms with E-state index >= 15 is 0 Å². The molecule has 7 aromatic carbocycles. The molecule has 3 aliphatic rings. The quantitative estimate of drug-likeness (QED) is 0.162. The summed E-state index contributed by atoms with van der Waals surface area (Å²) in [6.45, 7) is 9.43. The van der Waals surface area contributed by atoms with Gasteiger partial charge in [0.2, 0.25) is 0 Å². The van der Waals surface area contributed by atoms with Gasteiger partial charge in [-0.3, -0.25) is 0 Å². The lowest BCUT2D eigenvalue weighted by Crippen LogP contribution is -2.22. The minimum Gasteiger partial charge on any atom is -0.310 e. The average Bonchev–Trinajstić information content (AvgIpc) is 3.85. The zero-order chi connectivity index (χ0) is 37.3. The molecule has 2 heteroatoms. The van der Waals surface area contributed by atoms with Gasteiger partial charge in [-0.2, -0.15) is 0 Å². The highest BCUT2D eigenvalue weighted by molar-refractivity contribution is 5.88. The Balaban J connectivity index is 1.11. The highest BCUT2D eigenvalue weighted by Gasteiger charge is 2.45. The predicted octanol–water partition coefficient (Wildman–Crippen LogP) is 14.2. The Kier molecular flexibility index (Phi) is 7.89. The molecule has 0 unspecified atom stereocenters. The molecule has 0 saturated carbocycles. The molecule has 0 fully saturated rings. The van der Waals surface area contributed by atoms with Crippen molar-refractivity contribution in [3.63, 3.8) is 0 Å². The number of hydrogen-bond donors (Lipinski definition) is 0. The number of para-hydroxylation sites is 3. The van der Waals surface area contributed by atoms with Gasteiger partial charge in [-0.1, -0.05) is 119 Å². The first-order valence-corrected chi connectivity index (χ1v) is 20.1. The number of aryl methyl sites for hydroxylation is 2. The molecule has 3 aliphatic carbocycles. The van der Waals surface area contributed by atoms with Crippen molar-refractivity contribution < 1.29 is 0 Å². The Bertz CT molecular complexity index is 2510. The summed E-state index contributed by atoms with van der Waals surface area (Å²) in [5.74, 6) is 0.445. The third-order valence-electron chi connectivity index (χ3n) is 13.0. The van der Waals surface area contributed by atoms with Gasteiger partial charge in [-0.25, -0.2) is 0 Å². The second kappa shape index (κ2) is 12.9. The Morgan fingerprint density at radius 1 is 0.436 bits per heavy atom. The maximum absolute atomic E-state index is 2.55. The summed E-state index contributed by atoms with van der Waals surface area (Å²) in [5, 5.41) is 0. The molecular formula is C53H48N2. The highest BCUT2D eigenvalue weighted by Crippen LogP contribution is 2.56. The normalized spacial score (nSPS) is 17.2. The molecule has 0 saturated heterocycles. The van der Waals surface area contributed by atoms with Crippen LogP contribution in [0.25, 0.3) is 11.1 Å². The van der Waals surface area contributed by atoms with Crippen LogP contribution in [0.2, 0.25) is 0 Å². The molecule has 10 rings (SSSR count). The van der Waals surface area contributed by atoms with E-state index in [9.17, 15) is 0 Å². The van der Waals surface area contributed by atoms with E-state index < -0.39 is 0 Å². The van der Waals surface area contributed by atoms with Crippen molar-refractivity contribution in [1.29, 1.82) is 0 Å². The summed E-state index contributed by atoms with van der Waals surface area (Å²) in [7, 11) is 0. The van der Waals surface area contributed by atoms with E-state index in [0.717, 1.165) is 25.7 Å². The van der Waals surface area contributed by atoms with Gasteiger partial charge in [0.05, 0.1) is 0 Å². The third-order valence-corrected chi connectivity index (χ3v) is 13.0. The molecule has 1 spiro atoms. The molecule has 0 amide bonds. The minimum atomic E-state index is -0.0447. The second-order valence-corrected chi connectivity index (χ2v) is 16.7. The van der Waals surface area contributed by atoms with Gasteiger partial charge in [-0.15, -0.1) is 0 Å². The van der Waals surface area contributed by atoms with E-state index in [4.69, 9.17) is 0 Å². The van der Waals surface area contributed by atoms with Crippen LogP contribution in [0.3, 0.4) is 0 Å². The Hall–Kier alpha value is -5.86. The molecule has 0 heterocycles. The van der Waals surface area contributed by atoms with E-state index in [0.29, 0.717) is 5.92 Å². The van der Waals surface area contributed by atoms with Crippen molar-refractivity contribution in [2.75, 3.05) is 9.80 Å². The van der Waals surface area contributed by atoms with Crippen molar-refractivity contribution in [1.82, 2.24) is 0 Å². The zero-order valence-electron chi connectivity index (χ0n) is 32.4. The van der Waals surface area contributed by atoms with Crippen LogP contribution >= 0.6 is 0 Å². The van der Waals surface area contributed by atoms with Gasteiger partial charge >= 0.3 is 0 Å². The first-order valence-electron chi connectivity index (χ1n) is 20.1. The number of benzene rings is 7. The van der Waals surface area contributed by atoms with E-state index in [1.165, 1.54) is 84.2 Å². The summed E-state index contributed by atoms with van der Waals surface area (Å²) in [4.78, 5) is 4.90. The molecule has 0 aliphatic heterocycles. The summed E-state index contributed by atoms with van der Waals surface area (Å²) < 4.78 is 0. The van der Waals surface area contributed by atoms with Crippen molar-refractivity contribution in [3.05, 3.63) is 203 Å². The largest absolute Gasteiger partial charge is 0.310 e. The van der Waals surface area contributed by atoms with Gasteiger partial charge in [-0.05, 0) is 154 Å². The van der Waals surface area contributed by atoms with Crippen LogP contribution in [0.5, 0.6) is 0 Å². The Labute approximate surface area is 326 Å². The summed E-state index contributed by atoms with van der Waals surface area (Å²) in [6.07, 6.45) is 4.50. The summed E-state index contributed by atoms with van der Waals surface area (Å²) in [6, 6.07) is 61.4. The maximum Gasteiger partial charge on any atom is 0.0468 e. The number of hydrogen-bond acceptors (Lipinski definition) is 2. The third kappa shape index (κ3) is 5.29. The van der Waals surface area contributed by atoms with Crippen molar-refractivity contribution >= 4 is 34.1 Å². The van der Waals surface area contributed by atoms with E-state index in [2.05, 4.69) is 201 Å². The fourth-order valence-corrected chi connectivity index (χ4v) is 10.3. The van der Waals surface area contributed by atoms with Crippen LogP contribution < -0.4 is 9.80 Å². The summed E-state index contributed by atoms with van der Waals surface area (Å²) >= 11 is 0. The summed E-state index contributed by atoms with van der Waals surface area (Å²) in [5.41, 5.74) is 20.2. The standard InChI is InChI=1S/C53H48N2/c1-36(2)45-21-14-22-48-51(45)46-33-42(27-28-47(46)52(48,3)4)55(41-19-12-7-13-20-41)44-26-24-38-30-32-53(50(38)35-44)31-29-37-23-25-43(34-49(37)53)54(39-15-8-5-9-16-39)40-17-10-6-11-18-40/h5-28,33-36H,29-32H2,1-4H3/t53-/m1/s1. The average molecular weight is 713 g/mol. The molecule has 0 bridgehead atoms. The fraction of sp³-hybridized carbons (Fsp3) is 0.208. The topological polar surface area (TPSA) is 6.48 Å². The lowest BCUT2D eigenvalue weighted by atomic mass is 9.76. The van der Waals surface area contributed by atoms with E-state index in [1.54, 1.807) is 0 Å². The van der Waals surface area contributed by atoms with E-state index in [-0.39, 0.29) is 10.8 Å². The molecule has 1 atom stereocenters. The lowest BCUT2D eigenvalue weighted by molar-refractivity contribution is 0.507. The number of nitrogens with zero attached hydrogens (tertiary/aromatic N) is 2. The van der Waals surface area contributed by atoms with Crippen molar-refractivity contribution in [3.8, 4) is 11.1 Å². The van der Waals surface area contributed by atoms with Crippen LogP contribution in [0.1, 0.15) is 85.4 Å². The zero-order valence-corrected chi connectivity index (χ0v) is 32.4. The lowest BCUT2D eigenvalue weighted by Gasteiger charge is -2.32. The van der Waals surface area contributed by atoms with Crippen LogP contribution in [0.15, 0.2) is 164 Å².